The number of carbonyl (C=O) groups is 2. The topological polar surface area (TPSA) is 59.1 Å². The molecule has 1 aromatic rings. The van der Waals surface area contributed by atoms with Crippen molar-refractivity contribution in [2.24, 2.45) is 0 Å². The Balaban J connectivity index is 1.91. The van der Waals surface area contributed by atoms with E-state index in [2.05, 4.69) is 0 Å². The van der Waals surface area contributed by atoms with Crippen molar-refractivity contribution in [3.8, 4) is 5.75 Å². The molecule has 2 heterocycles. The van der Waals surface area contributed by atoms with E-state index in [1.54, 1.807) is 19.1 Å². The van der Waals surface area contributed by atoms with Crippen molar-refractivity contribution >= 4 is 11.8 Å². The summed E-state index contributed by atoms with van der Waals surface area (Å²) in [5.41, 5.74) is 0.826. The highest BCUT2D eigenvalue weighted by Gasteiger charge is 2.52. The Kier molecular flexibility index (Phi) is 5.51. The number of benzene rings is 1. The summed E-state index contributed by atoms with van der Waals surface area (Å²) < 4.78 is 10.5. The molecule has 2 saturated heterocycles. The molecule has 2 amide bonds. The van der Waals surface area contributed by atoms with E-state index in [-0.39, 0.29) is 11.8 Å². The molecule has 0 N–H and O–H groups in total. The van der Waals surface area contributed by atoms with Crippen molar-refractivity contribution < 1.29 is 19.1 Å². The average Bonchev–Trinajstić information content (AvgIpc) is 3.07. The zero-order chi connectivity index (χ0) is 18.7. The smallest absolute Gasteiger partial charge is 0.258 e. The number of rotatable bonds is 5. The van der Waals surface area contributed by atoms with E-state index in [1.165, 1.54) is 0 Å². The number of methoxy groups -OCH3 is 2. The van der Waals surface area contributed by atoms with Crippen LogP contribution in [0.15, 0.2) is 18.2 Å². The summed E-state index contributed by atoms with van der Waals surface area (Å²) in [6, 6.07) is 5.59. The van der Waals surface area contributed by atoms with Crippen LogP contribution in [-0.4, -0.2) is 67.6 Å². The maximum absolute atomic E-state index is 13.4. The van der Waals surface area contributed by atoms with Gasteiger partial charge in [0.15, 0.2) is 0 Å². The monoisotopic (exact) mass is 360 g/mol. The minimum Gasteiger partial charge on any atom is -0.496 e. The van der Waals surface area contributed by atoms with Gasteiger partial charge in [-0.2, -0.15) is 0 Å². The van der Waals surface area contributed by atoms with Gasteiger partial charge < -0.3 is 19.3 Å². The van der Waals surface area contributed by atoms with Gasteiger partial charge in [-0.05, 0) is 44.7 Å². The van der Waals surface area contributed by atoms with Crippen molar-refractivity contribution in [2.75, 3.05) is 40.5 Å². The van der Waals surface area contributed by atoms with Gasteiger partial charge in [-0.1, -0.05) is 11.6 Å². The second-order valence-corrected chi connectivity index (χ2v) is 7.18. The molecule has 26 heavy (non-hydrogen) atoms. The van der Waals surface area contributed by atoms with Gasteiger partial charge in [0.1, 0.15) is 11.3 Å². The summed E-state index contributed by atoms with van der Waals surface area (Å²) in [4.78, 5) is 30.3. The van der Waals surface area contributed by atoms with Crippen molar-refractivity contribution in [2.45, 2.75) is 38.1 Å². The number of hydrogen-bond donors (Lipinski definition) is 0. The van der Waals surface area contributed by atoms with E-state index < -0.39 is 5.54 Å². The minimum atomic E-state index is -0.710. The quantitative estimate of drug-likeness (QED) is 0.808. The third-order valence-electron chi connectivity index (χ3n) is 5.59. The largest absolute Gasteiger partial charge is 0.496 e. The predicted molar refractivity (Wildman–Crippen MR) is 98.4 cm³/mol. The van der Waals surface area contributed by atoms with Crippen LogP contribution in [0.4, 0.5) is 0 Å². The Labute approximate surface area is 155 Å². The highest BCUT2D eigenvalue weighted by atomic mass is 16.5. The molecule has 6 heteroatoms. The lowest BCUT2D eigenvalue weighted by atomic mass is 9.85. The summed E-state index contributed by atoms with van der Waals surface area (Å²) in [7, 11) is 3.21. The molecule has 0 bridgehead atoms. The van der Waals surface area contributed by atoms with E-state index >= 15 is 0 Å². The Morgan fingerprint density at radius 3 is 2.62 bits per heavy atom. The maximum Gasteiger partial charge on any atom is 0.258 e. The highest BCUT2D eigenvalue weighted by molar-refractivity contribution is 6.01. The molecule has 1 spiro atoms. The third kappa shape index (κ3) is 3.18. The van der Waals surface area contributed by atoms with Gasteiger partial charge in [0.05, 0.1) is 19.3 Å². The molecule has 2 aliphatic heterocycles. The molecule has 1 unspecified atom stereocenters. The predicted octanol–water partition coefficient (Wildman–Crippen LogP) is 2.25. The summed E-state index contributed by atoms with van der Waals surface area (Å²) >= 11 is 0. The second kappa shape index (κ2) is 7.66. The first-order chi connectivity index (χ1) is 12.5. The number of carbonyl (C=O) groups excluding carboxylic acids is 2. The van der Waals surface area contributed by atoms with E-state index in [1.807, 2.05) is 30.0 Å². The Morgan fingerprint density at radius 2 is 1.92 bits per heavy atom. The van der Waals surface area contributed by atoms with Gasteiger partial charge >= 0.3 is 0 Å². The number of hydrogen-bond acceptors (Lipinski definition) is 4. The Hall–Kier alpha value is -2.08. The molecule has 0 saturated carbocycles. The lowest BCUT2D eigenvalue weighted by Gasteiger charge is -2.44. The van der Waals surface area contributed by atoms with Crippen LogP contribution in [0.5, 0.6) is 5.75 Å². The first-order valence-electron chi connectivity index (χ1n) is 9.28. The fraction of sp³-hybridized carbons (Fsp3) is 0.600. The molecule has 0 aliphatic carbocycles. The van der Waals surface area contributed by atoms with Crippen LogP contribution >= 0.6 is 0 Å². The summed E-state index contributed by atoms with van der Waals surface area (Å²) in [5, 5.41) is 0. The van der Waals surface area contributed by atoms with Gasteiger partial charge in [0.25, 0.3) is 5.91 Å². The molecule has 0 aromatic heterocycles. The van der Waals surface area contributed by atoms with Crippen LogP contribution in [0, 0.1) is 6.92 Å². The molecule has 6 nitrogen and oxygen atoms in total. The molecule has 1 aromatic carbocycles. The molecular formula is C20H28N2O4. The first kappa shape index (κ1) is 18.7. The second-order valence-electron chi connectivity index (χ2n) is 7.18. The number of aryl methyl sites for hydroxylation is 1. The summed E-state index contributed by atoms with van der Waals surface area (Å²) in [6.45, 7) is 4.39. The maximum atomic E-state index is 13.4. The van der Waals surface area contributed by atoms with Gasteiger partial charge in [-0.15, -0.1) is 0 Å². The van der Waals surface area contributed by atoms with Gasteiger partial charge in [-0.3, -0.25) is 9.59 Å². The lowest BCUT2D eigenvalue weighted by Crippen LogP contribution is -2.61. The normalized spacial score (nSPS) is 23.0. The molecule has 0 radical (unpaired) electrons. The number of likely N-dealkylation sites (tertiary alicyclic amines) is 2. The van der Waals surface area contributed by atoms with E-state index in [4.69, 9.17) is 9.47 Å². The standard InChI is InChI=1S/C20H28N2O4/c1-15-6-7-17(26-3)16(14-15)18(23)22-11-5-9-20(22)8-4-10-21(19(20)24)12-13-25-2/h6-7,14H,4-5,8-13H2,1-3H3. The lowest BCUT2D eigenvalue weighted by molar-refractivity contribution is -0.146. The summed E-state index contributed by atoms with van der Waals surface area (Å²) in [5.74, 6) is 0.519. The number of piperidine rings is 1. The van der Waals surface area contributed by atoms with E-state index in [9.17, 15) is 9.59 Å². The molecule has 2 fully saturated rings. The molecule has 2 aliphatic rings. The highest BCUT2D eigenvalue weighted by Crippen LogP contribution is 2.40. The van der Waals surface area contributed by atoms with E-state index in [0.717, 1.165) is 37.8 Å². The number of ether oxygens (including phenoxy) is 2. The van der Waals surface area contributed by atoms with Crippen LogP contribution < -0.4 is 4.74 Å². The Morgan fingerprint density at radius 1 is 1.19 bits per heavy atom. The van der Waals surface area contributed by atoms with Crippen LogP contribution in [0.1, 0.15) is 41.6 Å². The zero-order valence-electron chi connectivity index (χ0n) is 15.9. The minimum absolute atomic E-state index is 0.0678. The van der Waals surface area contributed by atoms with Crippen molar-refractivity contribution in [3.63, 3.8) is 0 Å². The fourth-order valence-corrected chi connectivity index (χ4v) is 4.27. The van der Waals surface area contributed by atoms with Crippen molar-refractivity contribution in [1.29, 1.82) is 0 Å². The number of amides is 2. The van der Waals surface area contributed by atoms with Crippen LogP contribution in [0.25, 0.3) is 0 Å². The fourth-order valence-electron chi connectivity index (χ4n) is 4.27. The molecule has 3 rings (SSSR count). The number of nitrogens with zero attached hydrogens (tertiary/aromatic N) is 2. The van der Waals surface area contributed by atoms with Gasteiger partial charge in [-0.25, -0.2) is 0 Å². The van der Waals surface area contributed by atoms with Crippen LogP contribution in [0.2, 0.25) is 0 Å². The van der Waals surface area contributed by atoms with Gasteiger partial charge in [0.2, 0.25) is 5.91 Å². The van der Waals surface area contributed by atoms with Crippen molar-refractivity contribution in [1.82, 2.24) is 9.80 Å². The van der Waals surface area contributed by atoms with Gasteiger partial charge in [0, 0.05) is 26.7 Å². The average molecular weight is 360 g/mol. The Bertz CT molecular complexity index is 690. The zero-order valence-corrected chi connectivity index (χ0v) is 15.9. The third-order valence-corrected chi connectivity index (χ3v) is 5.59. The molecule has 142 valence electrons. The van der Waals surface area contributed by atoms with Crippen LogP contribution in [-0.2, 0) is 9.53 Å². The molecular weight excluding hydrogens is 332 g/mol. The molecule has 1 atom stereocenters. The SMILES string of the molecule is COCCN1CCCC2(CCCN2C(=O)c2cc(C)ccc2OC)C1=O. The van der Waals surface area contributed by atoms with Crippen LogP contribution in [0.3, 0.4) is 0 Å². The van der Waals surface area contributed by atoms with E-state index in [0.29, 0.717) is 31.0 Å². The van der Waals surface area contributed by atoms with Crippen molar-refractivity contribution in [3.05, 3.63) is 29.3 Å². The first-order valence-corrected chi connectivity index (χ1v) is 9.28. The summed E-state index contributed by atoms with van der Waals surface area (Å²) in [6.07, 6.45) is 3.22.